The molecule has 1 aliphatic heterocycles. The molecule has 1 saturated carbocycles. The van der Waals surface area contributed by atoms with Crippen molar-refractivity contribution >= 4 is 11.5 Å². The zero-order chi connectivity index (χ0) is 13.9. The summed E-state index contributed by atoms with van der Waals surface area (Å²) in [5, 5.41) is 3.09. The van der Waals surface area contributed by atoms with E-state index >= 15 is 0 Å². The van der Waals surface area contributed by atoms with Crippen LogP contribution in [-0.2, 0) is 4.79 Å². The van der Waals surface area contributed by atoms with Crippen LogP contribution >= 0.6 is 0 Å². The van der Waals surface area contributed by atoms with E-state index in [-0.39, 0.29) is 11.9 Å². The van der Waals surface area contributed by atoms with Gasteiger partial charge in [0.2, 0.25) is 5.91 Å². The van der Waals surface area contributed by atoms with E-state index in [9.17, 15) is 4.79 Å². The number of hydrogen-bond donors (Lipinski definition) is 1. The van der Waals surface area contributed by atoms with Gasteiger partial charge in [0.05, 0.1) is 6.04 Å². The standard InChI is InChI=1S/C17H22N2O/c1-13(17(20)18-16-7-8-16)19-11-9-15(10-12-19)14-5-3-2-4-6-14/h2-6,9,13,16H,7-8,10-12H2,1H3,(H,18,20)/t13-/m0/s1. The highest BCUT2D eigenvalue weighted by Gasteiger charge is 2.28. The first-order valence-corrected chi connectivity index (χ1v) is 7.53. The zero-order valence-electron chi connectivity index (χ0n) is 12.0. The number of carbonyl (C=O) groups is 1. The molecule has 3 heteroatoms. The molecule has 0 saturated heterocycles. The summed E-state index contributed by atoms with van der Waals surface area (Å²) in [5.41, 5.74) is 2.71. The Morgan fingerprint density at radius 1 is 1.30 bits per heavy atom. The molecule has 3 nitrogen and oxygen atoms in total. The van der Waals surface area contributed by atoms with Gasteiger partial charge in [0.1, 0.15) is 0 Å². The van der Waals surface area contributed by atoms with Gasteiger partial charge in [-0.25, -0.2) is 0 Å². The number of nitrogens with zero attached hydrogens (tertiary/aromatic N) is 1. The number of carbonyl (C=O) groups excluding carboxylic acids is 1. The summed E-state index contributed by atoms with van der Waals surface area (Å²) in [6.45, 7) is 3.84. The molecule has 0 spiro atoms. The Labute approximate surface area is 120 Å². The van der Waals surface area contributed by atoms with Crippen LogP contribution in [0.3, 0.4) is 0 Å². The van der Waals surface area contributed by atoms with Crippen molar-refractivity contribution in [3.8, 4) is 0 Å². The second-order valence-electron chi connectivity index (χ2n) is 5.80. The van der Waals surface area contributed by atoms with Crippen LogP contribution in [0.15, 0.2) is 36.4 Å². The van der Waals surface area contributed by atoms with E-state index in [1.165, 1.54) is 11.1 Å². The first-order valence-electron chi connectivity index (χ1n) is 7.53. The lowest BCUT2D eigenvalue weighted by molar-refractivity contribution is -0.125. The van der Waals surface area contributed by atoms with E-state index in [0.29, 0.717) is 6.04 Å². The van der Waals surface area contributed by atoms with E-state index in [1.807, 2.05) is 13.0 Å². The van der Waals surface area contributed by atoms with Gasteiger partial charge in [0.15, 0.2) is 0 Å². The highest BCUT2D eigenvalue weighted by atomic mass is 16.2. The predicted molar refractivity (Wildman–Crippen MR) is 81.2 cm³/mol. The molecule has 1 aromatic rings. The summed E-state index contributed by atoms with van der Waals surface area (Å²) in [6, 6.07) is 10.9. The van der Waals surface area contributed by atoms with E-state index in [0.717, 1.165) is 32.4 Å². The fourth-order valence-electron chi connectivity index (χ4n) is 2.67. The zero-order valence-corrected chi connectivity index (χ0v) is 12.0. The quantitative estimate of drug-likeness (QED) is 0.911. The molecule has 0 radical (unpaired) electrons. The summed E-state index contributed by atoms with van der Waals surface area (Å²) in [5.74, 6) is 0.184. The highest BCUT2D eigenvalue weighted by Crippen LogP contribution is 2.23. The predicted octanol–water partition coefficient (Wildman–Crippen LogP) is 2.44. The lowest BCUT2D eigenvalue weighted by atomic mass is 9.99. The molecule has 1 atom stereocenters. The first kappa shape index (κ1) is 13.4. The second kappa shape index (κ2) is 5.80. The van der Waals surface area contributed by atoms with Crippen LogP contribution in [0.4, 0.5) is 0 Å². The molecule has 1 fully saturated rings. The first-order chi connectivity index (χ1) is 9.74. The lowest BCUT2D eigenvalue weighted by Crippen LogP contribution is -2.47. The van der Waals surface area contributed by atoms with Gasteiger partial charge in [0, 0.05) is 19.1 Å². The fraction of sp³-hybridized carbons (Fsp3) is 0.471. The molecule has 0 aromatic heterocycles. The van der Waals surface area contributed by atoms with Gasteiger partial charge in [-0.3, -0.25) is 9.69 Å². The second-order valence-corrected chi connectivity index (χ2v) is 5.80. The maximum absolute atomic E-state index is 12.1. The largest absolute Gasteiger partial charge is 0.352 e. The van der Waals surface area contributed by atoms with Gasteiger partial charge in [-0.1, -0.05) is 36.4 Å². The van der Waals surface area contributed by atoms with Crippen molar-refractivity contribution in [3.05, 3.63) is 42.0 Å². The molecule has 2 aliphatic rings. The minimum absolute atomic E-state index is 0.0239. The molecule has 0 bridgehead atoms. The van der Waals surface area contributed by atoms with E-state index in [4.69, 9.17) is 0 Å². The van der Waals surface area contributed by atoms with E-state index < -0.39 is 0 Å². The Balaban J connectivity index is 1.59. The molecule has 1 aromatic carbocycles. The topological polar surface area (TPSA) is 32.3 Å². The lowest BCUT2D eigenvalue weighted by Gasteiger charge is -2.31. The van der Waals surface area contributed by atoms with Crippen molar-refractivity contribution in [3.63, 3.8) is 0 Å². The molecule has 0 unspecified atom stereocenters. The summed E-state index contributed by atoms with van der Waals surface area (Å²) in [7, 11) is 0. The SMILES string of the molecule is C[C@@H](C(=O)NC1CC1)N1CC=C(c2ccccc2)CC1. The smallest absolute Gasteiger partial charge is 0.237 e. The Bertz CT molecular complexity index is 505. The van der Waals surface area contributed by atoms with Gasteiger partial charge in [0.25, 0.3) is 0 Å². The fourth-order valence-corrected chi connectivity index (χ4v) is 2.67. The average molecular weight is 270 g/mol. The molecule has 20 heavy (non-hydrogen) atoms. The van der Waals surface area contributed by atoms with Crippen LogP contribution in [0.25, 0.3) is 5.57 Å². The van der Waals surface area contributed by atoms with E-state index in [2.05, 4.69) is 40.6 Å². The van der Waals surface area contributed by atoms with Crippen molar-refractivity contribution in [1.29, 1.82) is 0 Å². The van der Waals surface area contributed by atoms with Gasteiger partial charge in [-0.15, -0.1) is 0 Å². The Kier molecular flexibility index (Phi) is 3.88. The third kappa shape index (κ3) is 3.10. The molecule has 106 valence electrons. The van der Waals surface area contributed by atoms with Crippen molar-refractivity contribution in [2.75, 3.05) is 13.1 Å². The number of rotatable bonds is 4. The van der Waals surface area contributed by atoms with Crippen LogP contribution in [0.5, 0.6) is 0 Å². The van der Waals surface area contributed by atoms with Crippen molar-refractivity contribution in [2.24, 2.45) is 0 Å². The van der Waals surface area contributed by atoms with Crippen molar-refractivity contribution in [2.45, 2.75) is 38.3 Å². The Morgan fingerprint density at radius 2 is 2.05 bits per heavy atom. The van der Waals surface area contributed by atoms with Gasteiger partial charge >= 0.3 is 0 Å². The molecule has 3 rings (SSSR count). The van der Waals surface area contributed by atoms with Crippen molar-refractivity contribution < 1.29 is 4.79 Å². The Hall–Kier alpha value is -1.61. The average Bonchev–Trinajstić information content (AvgIpc) is 3.31. The molecule has 1 heterocycles. The number of benzene rings is 1. The summed E-state index contributed by atoms with van der Waals surface area (Å²) < 4.78 is 0. The molecule has 1 N–H and O–H groups in total. The highest BCUT2D eigenvalue weighted by molar-refractivity contribution is 5.82. The van der Waals surface area contributed by atoms with Crippen molar-refractivity contribution in [1.82, 2.24) is 10.2 Å². The van der Waals surface area contributed by atoms with Gasteiger partial charge < -0.3 is 5.32 Å². The van der Waals surface area contributed by atoms with Gasteiger partial charge in [-0.2, -0.15) is 0 Å². The molecular formula is C17H22N2O. The third-order valence-corrected chi connectivity index (χ3v) is 4.24. The monoisotopic (exact) mass is 270 g/mol. The van der Waals surface area contributed by atoms with Crippen LogP contribution in [0, 0.1) is 0 Å². The normalized spacial score (nSPS) is 21.1. The molecular weight excluding hydrogens is 248 g/mol. The van der Waals surface area contributed by atoms with Crippen LogP contribution in [0.1, 0.15) is 31.7 Å². The third-order valence-electron chi connectivity index (χ3n) is 4.24. The summed E-state index contributed by atoms with van der Waals surface area (Å²) in [4.78, 5) is 14.3. The van der Waals surface area contributed by atoms with Crippen LogP contribution in [0.2, 0.25) is 0 Å². The summed E-state index contributed by atoms with van der Waals surface area (Å²) >= 11 is 0. The Morgan fingerprint density at radius 3 is 2.65 bits per heavy atom. The summed E-state index contributed by atoms with van der Waals surface area (Å²) in [6.07, 6.45) is 5.58. The van der Waals surface area contributed by atoms with Crippen LogP contribution in [-0.4, -0.2) is 36.0 Å². The minimum Gasteiger partial charge on any atom is -0.352 e. The number of amides is 1. The molecule has 1 amide bonds. The van der Waals surface area contributed by atoms with Crippen LogP contribution < -0.4 is 5.32 Å². The maximum Gasteiger partial charge on any atom is 0.237 e. The van der Waals surface area contributed by atoms with Gasteiger partial charge in [-0.05, 0) is 37.3 Å². The maximum atomic E-state index is 12.1. The van der Waals surface area contributed by atoms with E-state index in [1.54, 1.807) is 0 Å². The number of hydrogen-bond acceptors (Lipinski definition) is 2. The molecule has 1 aliphatic carbocycles. The minimum atomic E-state index is -0.0239. The number of nitrogens with one attached hydrogen (secondary N) is 1.